The number of carbonyl (C=O) groups is 3. The molecule has 0 atom stereocenters. The lowest BCUT2D eigenvalue weighted by Crippen LogP contribution is -2.32. The van der Waals surface area contributed by atoms with E-state index in [1.807, 2.05) is 13.0 Å². The largest absolute Gasteiger partial charge is 0.423 e. The fourth-order valence-electron chi connectivity index (χ4n) is 2.57. The van der Waals surface area contributed by atoms with Crippen molar-refractivity contribution < 1.29 is 19.1 Å². The molecule has 3 aromatic rings. The first-order chi connectivity index (χ1) is 15.3. The summed E-state index contributed by atoms with van der Waals surface area (Å²) in [6.07, 6.45) is 1.36. The molecule has 0 aliphatic carbocycles. The zero-order chi connectivity index (χ0) is 23.1. The van der Waals surface area contributed by atoms with Gasteiger partial charge in [-0.05, 0) is 78.7 Å². The van der Waals surface area contributed by atoms with Gasteiger partial charge < -0.3 is 10.1 Å². The van der Waals surface area contributed by atoms with Crippen molar-refractivity contribution in [3.8, 4) is 5.75 Å². The van der Waals surface area contributed by atoms with Crippen molar-refractivity contribution in [1.29, 1.82) is 0 Å². The van der Waals surface area contributed by atoms with E-state index in [1.54, 1.807) is 54.6 Å². The van der Waals surface area contributed by atoms with Gasteiger partial charge in [0, 0.05) is 15.2 Å². The van der Waals surface area contributed by atoms with Crippen LogP contribution in [0.15, 0.2) is 76.3 Å². The molecule has 3 rings (SSSR count). The molecular formula is C23H17BrClN3O4. The summed E-state index contributed by atoms with van der Waals surface area (Å²) in [5.74, 6) is -1.94. The standard InChI is InChI=1S/C23H17BrClN3O4/c1-14-11-17(24)7-10-20(14)27-21(29)22(30)28-26-13-15-5-8-19(9-6-15)32-23(31)16-3-2-4-18(25)12-16/h2-13H,1H3,(H,27,29)(H,28,30)/b26-13+. The molecule has 0 aromatic heterocycles. The van der Waals surface area contributed by atoms with Gasteiger partial charge in [0.1, 0.15) is 5.75 Å². The minimum Gasteiger partial charge on any atom is -0.423 e. The van der Waals surface area contributed by atoms with Gasteiger partial charge in [-0.1, -0.05) is 33.6 Å². The normalized spacial score (nSPS) is 10.6. The Morgan fingerprint density at radius 1 is 1.00 bits per heavy atom. The molecule has 0 aliphatic heterocycles. The van der Waals surface area contributed by atoms with Crippen molar-refractivity contribution >= 4 is 57.2 Å². The molecule has 7 nitrogen and oxygen atoms in total. The summed E-state index contributed by atoms with van der Waals surface area (Å²) in [5, 5.41) is 6.74. The molecule has 32 heavy (non-hydrogen) atoms. The molecule has 0 fully saturated rings. The lowest BCUT2D eigenvalue weighted by Gasteiger charge is -2.07. The molecule has 0 saturated carbocycles. The molecule has 0 unspecified atom stereocenters. The van der Waals surface area contributed by atoms with Crippen LogP contribution in [0.4, 0.5) is 5.69 Å². The number of aryl methyl sites for hydroxylation is 1. The van der Waals surface area contributed by atoms with E-state index in [4.69, 9.17) is 16.3 Å². The second kappa shape index (κ2) is 10.7. The van der Waals surface area contributed by atoms with E-state index < -0.39 is 17.8 Å². The number of rotatable bonds is 5. The minimum atomic E-state index is -0.907. The van der Waals surface area contributed by atoms with E-state index in [0.717, 1.165) is 10.0 Å². The van der Waals surface area contributed by atoms with Gasteiger partial charge in [0.15, 0.2) is 0 Å². The Balaban J connectivity index is 1.52. The molecule has 2 N–H and O–H groups in total. The molecule has 0 heterocycles. The number of ether oxygens (including phenoxy) is 1. The van der Waals surface area contributed by atoms with Gasteiger partial charge in [-0.25, -0.2) is 10.2 Å². The third-order valence-corrected chi connectivity index (χ3v) is 4.90. The fraction of sp³-hybridized carbons (Fsp3) is 0.0435. The van der Waals surface area contributed by atoms with Crippen molar-refractivity contribution in [2.75, 3.05) is 5.32 Å². The number of esters is 1. The highest BCUT2D eigenvalue weighted by molar-refractivity contribution is 9.10. The Labute approximate surface area is 197 Å². The number of carbonyl (C=O) groups excluding carboxylic acids is 3. The van der Waals surface area contributed by atoms with Gasteiger partial charge in [-0.15, -0.1) is 0 Å². The van der Waals surface area contributed by atoms with Crippen LogP contribution in [0.5, 0.6) is 5.75 Å². The van der Waals surface area contributed by atoms with Crippen LogP contribution in [-0.2, 0) is 9.59 Å². The van der Waals surface area contributed by atoms with Gasteiger partial charge in [0.2, 0.25) is 0 Å². The van der Waals surface area contributed by atoms with Crippen molar-refractivity contribution in [2.45, 2.75) is 6.92 Å². The Bertz CT molecular complexity index is 1200. The number of halogens is 2. The Morgan fingerprint density at radius 2 is 1.75 bits per heavy atom. The zero-order valence-electron chi connectivity index (χ0n) is 16.8. The molecule has 0 saturated heterocycles. The average molecular weight is 515 g/mol. The molecule has 0 radical (unpaired) electrons. The summed E-state index contributed by atoms with van der Waals surface area (Å²) in [5.41, 5.74) is 4.46. The molecule has 9 heteroatoms. The SMILES string of the molecule is Cc1cc(Br)ccc1NC(=O)C(=O)N/N=C/c1ccc(OC(=O)c2cccc(Cl)c2)cc1. The second-order valence-corrected chi connectivity index (χ2v) is 7.93. The molecule has 162 valence electrons. The van der Waals surface area contributed by atoms with Crippen LogP contribution in [0.2, 0.25) is 5.02 Å². The maximum Gasteiger partial charge on any atom is 0.343 e. The first-order valence-electron chi connectivity index (χ1n) is 9.30. The number of anilines is 1. The maximum absolute atomic E-state index is 12.1. The molecule has 0 aliphatic rings. The van der Waals surface area contributed by atoms with Crippen LogP contribution < -0.4 is 15.5 Å². The number of nitrogens with zero attached hydrogens (tertiary/aromatic N) is 1. The van der Waals surface area contributed by atoms with Gasteiger partial charge in [0.25, 0.3) is 0 Å². The quantitative estimate of drug-likeness (QED) is 0.169. The Morgan fingerprint density at radius 3 is 2.44 bits per heavy atom. The van der Waals surface area contributed by atoms with E-state index >= 15 is 0 Å². The second-order valence-electron chi connectivity index (χ2n) is 6.58. The van der Waals surface area contributed by atoms with Crippen molar-refractivity contribution in [1.82, 2.24) is 5.43 Å². The van der Waals surface area contributed by atoms with E-state index in [1.165, 1.54) is 12.3 Å². The minimum absolute atomic E-state index is 0.334. The molecule has 3 aromatic carbocycles. The predicted octanol–water partition coefficient (Wildman–Crippen LogP) is 4.72. The summed E-state index contributed by atoms with van der Waals surface area (Å²) in [4.78, 5) is 36.1. The molecule has 0 bridgehead atoms. The van der Waals surface area contributed by atoms with Crippen molar-refractivity contribution in [2.24, 2.45) is 5.10 Å². The fourth-order valence-corrected chi connectivity index (χ4v) is 3.23. The topological polar surface area (TPSA) is 96.9 Å². The van der Waals surface area contributed by atoms with E-state index in [-0.39, 0.29) is 0 Å². The number of benzene rings is 3. The summed E-state index contributed by atoms with van der Waals surface area (Å²) in [6, 6.07) is 18.1. The predicted molar refractivity (Wildman–Crippen MR) is 126 cm³/mol. The highest BCUT2D eigenvalue weighted by Gasteiger charge is 2.14. The average Bonchev–Trinajstić information content (AvgIpc) is 2.76. The third kappa shape index (κ3) is 6.50. The maximum atomic E-state index is 12.1. The highest BCUT2D eigenvalue weighted by Crippen LogP contribution is 2.20. The van der Waals surface area contributed by atoms with Crippen LogP contribution in [0.3, 0.4) is 0 Å². The lowest BCUT2D eigenvalue weighted by molar-refractivity contribution is -0.136. The van der Waals surface area contributed by atoms with Crippen LogP contribution >= 0.6 is 27.5 Å². The third-order valence-electron chi connectivity index (χ3n) is 4.17. The summed E-state index contributed by atoms with van der Waals surface area (Å²) >= 11 is 9.21. The zero-order valence-corrected chi connectivity index (χ0v) is 19.1. The smallest absolute Gasteiger partial charge is 0.343 e. The Kier molecular flexibility index (Phi) is 7.75. The van der Waals surface area contributed by atoms with Crippen LogP contribution in [-0.4, -0.2) is 24.0 Å². The summed E-state index contributed by atoms with van der Waals surface area (Å²) in [6.45, 7) is 1.81. The summed E-state index contributed by atoms with van der Waals surface area (Å²) < 4.78 is 6.16. The summed E-state index contributed by atoms with van der Waals surface area (Å²) in [7, 11) is 0. The number of hydrogen-bond donors (Lipinski definition) is 2. The van der Waals surface area contributed by atoms with Gasteiger partial charge in [-0.2, -0.15) is 5.10 Å². The van der Waals surface area contributed by atoms with E-state index in [0.29, 0.717) is 27.6 Å². The number of hydrazone groups is 1. The van der Waals surface area contributed by atoms with Crippen LogP contribution in [0.1, 0.15) is 21.5 Å². The highest BCUT2D eigenvalue weighted by atomic mass is 79.9. The van der Waals surface area contributed by atoms with Crippen LogP contribution in [0.25, 0.3) is 0 Å². The molecule has 2 amide bonds. The Hall–Kier alpha value is -3.49. The van der Waals surface area contributed by atoms with Crippen LogP contribution in [0, 0.1) is 6.92 Å². The van der Waals surface area contributed by atoms with E-state index in [2.05, 4.69) is 31.8 Å². The molecule has 0 spiro atoms. The lowest BCUT2D eigenvalue weighted by atomic mass is 10.2. The number of amides is 2. The van der Waals surface area contributed by atoms with Gasteiger partial charge >= 0.3 is 17.8 Å². The first-order valence-corrected chi connectivity index (χ1v) is 10.5. The first kappa shape index (κ1) is 23.2. The van der Waals surface area contributed by atoms with Gasteiger partial charge in [-0.3, -0.25) is 9.59 Å². The van der Waals surface area contributed by atoms with Gasteiger partial charge in [0.05, 0.1) is 11.8 Å². The number of hydrogen-bond acceptors (Lipinski definition) is 5. The van der Waals surface area contributed by atoms with Crippen molar-refractivity contribution in [3.05, 3.63) is 92.9 Å². The molecular weight excluding hydrogens is 498 g/mol. The van der Waals surface area contributed by atoms with Crippen molar-refractivity contribution in [3.63, 3.8) is 0 Å². The monoisotopic (exact) mass is 513 g/mol. The number of nitrogens with one attached hydrogen (secondary N) is 2. The van der Waals surface area contributed by atoms with E-state index in [9.17, 15) is 14.4 Å².